The number of benzene rings is 1. The highest BCUT2D eigenvalue weighted by atomic mass is 35.5. The fourth-order valence-electron chi connectivity index (χ4n) is 1.79. The number of hydrogen-bond acceptors (Lipinski definition) is 4. The van der Waals surface area contributed by atoms with Crippen molar-refractivity contribution in [1.29, 1.82) is 0 Å². The van der Waals surface area contributed by atoms with Gasteiger partial charge in [-0.1, -0.05) is 35.3 Å². The standard InChI is InChI=1S/C13H14Cl2N4/c1-8(9-4-3-5-10(14)6-9)19(2)12-7-11(15)17-13(16)18-12/h3-8H,1-2H3,(H2,16,17,18). The molecule has 6 heteroatoms. The van der Waals surface area contributed by atoms with E-state index in [4.69, 9.17) is 28.9 Å². The lowest BCUT2D eigenvalue weighted by atomic mass is 10.1. The zero-order valence-corrected chi connectivity index (χ0v) is 12.2. The predicted octanol–water partition coefficient (Wildman–Crippen LogP) is 3.56. The van der Waals surface area contributed by atoms with Gasteiger partial charge >= 0.3 is 0 Å². The number of rotatable bonds is 3. The van der Waals surface area contributed by atoms with Crippen LogP contribution in [-0.2, 0) is 0 Å². The summed E-state index contributed by atoms with van der Waals surface area (Å²) in [5, 5.41) is 1.03. The Morgan fingerprint density at radius 3 is 2.58 bits per heavy atom. The van der Waals surface area contributed by atoms with Gasteiger partial charge < -0.3 is 10.6 Å². The second-order valence-corrected chi connectivity index (χ2v) is 5.07. The van der Waals surface area contributed by atoms with Gasteiger partial charge in [0, 0.05) is 18.1 Å². The van der Waals surface area contributed by atoms with E-state index in [0.29, 0.717) is 16.0 Å². The fraction of sp³-hybridized carbons (Fsp3) is 0.231. The Labute approximate surface area is 122 Å². The molecule has 0 saturated heterocycles. The molecule has 1 atom stereocenters. The van der Waals surface area contributed by atoms with Crippen LogP contribution in [0, 0.1) is 0 Å². The summed E-state index contributed by atoms with van der Waals surface area (Å²) in [6.07, 6.45) is 0. The van der Waals surface area contributed by atoms with Crippen molar-refractivity contribution in [2.75, 3.05) is 17.7 Å². The van der Waals surface area contributed by atoms with Gasteiger partial charge in [-0.25, -0.2) is 4.98 Å². The van der Waals surface area contributed by atoms with Crippen molar-refractivity contribution in [3.8, 4) is 0 Å². The number of nitrogen functional groups attached to an aromatic ring is 1. The van der Waals surface area contributed by atoms with Crippen LogP contribution >= 0.6 is 23.2 Å². The summed E-state index contributed by atoms with van der Waals surface area (Å²) in [6, 6.07) is 9.47. The molecule has 19 heavy (non-hydrogen) atoms. The number of halogens is 2. The lowest BCUT2D eigenvalue weighted by molar-refractivity contribution is 0.728. The second-order valence-electron chi connectivity index (χ2n) is 4.25. The molecule has 0 aliphatic rings. The van der Waals surface area contributed by atoms with E-state index in [1.54, 1.807) is 6.07 Å². The Hall–Kier alpha value is -1.52. The maximum atomic E-state index is 6.00. The molecule has 100 valence electrons. The van der Waals surface area contributed by atoms with Crippen molar-refractivity contribution >= 4 is 35.0 Å². The van der Waals surface area contributed by atoms with Crippen molar-refractivity contribution in [2.45, 2.75) is 13.0 Å². The molecular formula is C13H14Cl2N4. The lowest BCUT2D eigenvalue weighted by Crippen LogP contribution is -2.23. The third-order valence-corrected chi connectivity index (χ3v) is 3.40. The highest BCUT2D eigenvalue weighted by molar-refractivity contribution is 6.30. The largest absolute Gasteiger partial charge is 0.368 e. The van der Waals surface area contributed by atoms with Crippen LogP contribution in [-0.4, -0.2) is 17.0 Å². The molecule has 1 aromatic carbocycles. The average Bonchev–Trinajstić information content (AvgIpc) is 2.36. The first-order valence-corrected chi connectivity index (χ1v) is 6.51. The number of nitrogens with zero attached hydrogens (tertiary/aromatic N) is 3. The Kier molecular flexibility index (Phi) is 4.12. The molecule has 0 amide bonds. The summed E-state index contributed by atoms with van der Waals surface area (Å²) in [6.45, 7) is 2.05. The molecule has 0 radical (unpaired) electrons. The molecule has 0 fully saturated rings. The maximum absolute atomic E-state index is 6.00. The summed E-state index contributed by atoms with van der Waals surface area (Å²) in [5.74, 6) is 0.831. The molecule has 2 rings (SSSR count). The van der Waals surface area contributed by atoms with E-state index < -0.39 is 0 Å². The number of aromatic nitrogens is 2. The van der Waals surface area contributed by atoms with E-state index in [1.165, 1.54) is 0 Å². The van der Waals surface area contributed by atoms with Gasteiger partial charge in [0.2, 0.25) is 5.95 Å². The van der Waals surface area contributed by atoms with E-state index in [2.05, 4.69) is 16.9 Å². The van der Waals surface area contributed by atoms with Crippen LogP contribution in [0.1, 0.15) is 18.5 Å². The summed E-state index contributed by atoms with van der Waals surface area (Å²) in [5.41, 5.74) is 6.69. The van der Waals surface area contributed by atoms with E-state index in [9.17, 15) is 0 Å². The molecule has 0 saturated carbocycles. The minimum atomic E-state index is 0.0871. The third kappa shape index (κ3) is 3.28. The molecular weight excluding hydrogens is 283 g/mol. The monoisotopic (exact) mass is 296 g/mol. The molecule has 0 spiro atoms. The summed E-state index contributed by atoms with van der Waals surface area (Å²) < 4.78 is 0. The summed E-state index contributed by atoms with van der Waals surface area (Å²) in [4.78, 5) is 9.99. The van der Waals surface area contributed by atoms with Gasteiger partial charge in [-0.15, -0.1) is 0 Å². The summed E-state index contributed by atoms with van der Waals surface area (Å²) in [7, 11) is 1.92. The number of hydrogen-bond donors (Lipinski definition) is 1. The van der Waals surface area contributed by atoms with Gasteiger partial charge in [0.1, 0.15) is 11.0 Å². The fourth-order valence-corrected chi connectivity index (χ4v) is 2.17. The van der Waals surface area contributed by atoms with Crippen molar-refractivity contribution in [3.05, 3.63) is 46.1 Å². The van der Waals surface area contributed by atoms with Crippen molar-refractivity contribution in [3.63, 3.8) is 0 Å². The quantitative estimate of drug-likeness (QED) is 0.880. The SMILES string of the molecule is CC(c1cccc(Cl)c1)N(C)c1cc(Cl)nc(N)n1. The highest BCUT2D eigenvalue weighted by Crippen LogP contribution is 2.27. The van der Waals surface area contributed by atoms with Crippen molar-refractivity contribution in [1.82, 2.24) is 9.97 Å². The molecule has 1 heterocycles. The van der Waals surface area contributed by atoms with Gasteiger partial charge in [-0.05, 0) is 24.6 Å². The Morgan fingerprint density at radius 2 is 1.95 bits per heavy atom. The van der Waals surface area contributed by atoms with E-state index >= 15 is 0 Å². The Bertz CT molecular complexity index is 568. The first-order valence-electron chi connectivity index (χ1n) is 5.75. The zero-order valence-electron chi connectivity index (χ0n) is 10.6. The van der Waals surface area contributed by atoms with Crippen LogP contribution in [0.2, 0.25) is 10.2 Å². The van der Waals surface area contributed by atoms with Crippen LogP contribution < -0.4 is 10.6 Å². The van der Waals surface area contributed by atoms with E-state index in [-0.39, 0.29) is 12.0 Å². The molecule has 0 aliphatic carbocycles. The second kappa shape index (κ2) is 5.63. The van der Waals surface area contributed by atoms with Crippen LogP contribution in [0.5, 0.6) is 0 Å². The zero-order chi connectivity index (χ0) is 14.0. The van der Waals surface area contributed by atoms with Gasteiger partial charge in [-0.3, -0.25) is 0 Å². The molecule has 0 aliphatic heterocycles. The molecule has 1 aromatic heterocycles. The van der Waals surface area contributed by atoms with Crippen LogP contribution in [0.4, 0.5) is 11.8 Å². The topological polar surface area (TPSA) is 55.0 Å². The Morgan fingerprint density at radius 1 is 1.21 bits per heavy atom. The summed E-state index contributed by atoms with van der Waals surface area (Å²) >= 11 is 11.9. The highest BCUT2D eigenvalue weighted by Gasteiger charge is 2.15. The van der Waals surface area contributed by atoms with Crippen LogP contribution in [0.25, 0.3) is 0 Å². The van der Waals surface area contributed by atoms with E-state index in [0.717, 1.165) is 5.56 Å². The van der Waals surface area contributed by atoms with Crippen LogP contribution in [0.15, 0.2) is 30.3 Å². The third-order valence-electron chi connectivity index (χ3n) is 2.97. The minimum absolute atomic E-state index is 0.0871. The van der Waals surface area contributed by atoms with Gasteiger partial charge in [-0.2, -0.15) is 4.98 Å². The molecule has 1 unspecified atom stereocenters. The molecule has 0 bridgehead atoms. The molecule has 4 nitrogen and oxygen atoms in total. The normalized spacial score (nSPS) is 12.2. The van der Waals surface area contributed by atoms with Crippen LogP contribution in [0.3, 0.4) is 0 Å². The Balaban J connectivity index is 2.30. The first kappa shape index (κ1) is 13.9. The predicted molar refractivity (Wildman–Crippen MR) is 79.7 cm³/mol. The number of nitrogens with two attached hydrogens (primary N) is 1. The van der Waals surface area contributed by atoms with Gasteiger partial charge in [0.25, 0.3) is 0 Å². The first-order chi connectivity index (χ1) is 8.97. The smallest absolute Gasteiger partial charge is 0.223 e. The van der Waals surface area contributed by atoms with E-state index in [1.807, 2.05) is 36.2 Å². The van der Waals surface area contributed by atoms with Gasteiger partial charge in [0.15, 0.2) is 0 Å². The molecule has 2 aromatic rings. The maximum Gasteiger partial charge on any atom is 0.223 e. The average molecular weight is 297 g/mol. The van der Waals surface area contributed by atoms with Crippen molar-refractivity contribution < 1.29 is 0 Å². The minimum Gasteiger partial charge on any atom is -0.368 e. The van der Waals surface area contributed by atoms with Gasteiger partial charge in [0.05, 0.1) is 6.04 Å². The van der Waals surface area contributed by atoms with Crippen molar-refractivity contribution in [2.24, 2.45) is 0 Å². The molecule has 2 N–H and O–H groups in total. The lowest BCUT2D eigenvalue weighted by Gasteiger charge is -2.26. The number of anilines is 2.